The topological polar surface area (TPSA) is 60.7 Å². The minimum atomic E-state index is -0.857. The van der Waals surface area contributed by atoms with Gasteiger partial charge in [0.05, 0.1) is 12.2 Å². The first-order valence-corrected chi connectivity index (χ1v) is 10.3. The molecule has 0 saturated carbocycles. The molecular weight excluding hydrogens is 391 g/mol. The number of aromatic hydroxyl groups is 1. The van der Waals surface area contributed by atoms with Gasteiger partial charge in [-0.2, -0.15) is 0 Å². The lowest BCUT2D eigenvalue weighted by Crippen LogP contribution is -2.25. The van der Waals surface area contributed by atoms with Crippen LogP contribution in [0.25, 0.3) is 11.6 Å². The predicted octanol–water partition coefficient (Wildman–Crippen LogP) is 5.75. The van der Waals surface area contributed by atoms with Gasteiger partial charge in [-0.05, 0) is 47.2 Å². The van der Waals surface area contributed by atoms with E-state index in [1.165, 1.54) is 12.1 Å². The smallest absolute Gasteiger partial charge is 0.165 e. The maximum atomic E-state index is 13.8. The molecule has 3 nitrogen and oxygen atoms in total. The van der Waals surface area contributed by atoms with E-state index in [-0.39, 0.29) is 0 Å². The predicted molar refractivity (Wildman–Crippen MR) is 123 cm³/mol. The number of allylic oxidation sites excluding steroid dienone is 1. The third-order valence-electron chi connectivity index (χ3n) is 5.39. The van der Waals surface area contributed by atoms with Crippen LogP contribution in [0.3, 0.4) is 0 Å². The van der Waals surface area contributed by atoms with Gasteiger partial charge in [-0.1, -0.05) is 78.9 Å². The van der Waals surface area contributed by atoms with Crippen LogP contribution in [0.2, 0.25) is 0 Å². The van der Waals surface area contributed by atoms with E-state index in [4.69, 9.17) is 0 Å². The molecule has 0 aliphatic rings. The summed E-state index contributed by atoms with van der Waals surface area (Å²) in [6, 6.07) is 23.1. The molecule has 3 aromatic rings. The molecule has 4 heteroatoms. The summed E-state index contributed by atoms with van der Waals surface area (Å²) in [5.74, 6) is -1.60. The van der Waals surface area contributed by atoms with Gasteiger partial charge in [-0.3, -0.25) is 0 Å². The summed E-state index contributed by atoms with van der Waals surface area (Å²) in [5, 5.41) is 31.0. The molecule has 0 aliphatic heterocycles. The number of aliphatic hydroxyl groups is 2. The Labute approximate surface area is 182 Å². The largest absolute Gasteiger partial charge is 0.505 e. The molecule has 3 rings (SSSR count). The Hall–Kier alpha value is -3.21. The summed E-state index contributed by atoms with van der Waals surface area (Å²) >= 11 is 0. The molecule has 0 heterocycles. The number of phenolic OH excluding ortho intramolecular Hbond substituents is 1. The Balaban J connectivity index is 1.80. The lowest BCUT2D eigenvalue weighted by Gasteiger charge is -2.25. The molecule has 0 radical (unpaired) electrons. The SMILES string of the molecule is C=C[C@H]([C@H](O)CC/C(=C/c1ccc(O)c(F)c1)c1ccccc1)[C@H](O)c1ccccc1. The average Bonchev–Trinajstić information content (AvgIpc) is 2.80. The van der Waals surface area contributed by atoms with Crippen molar-refractivity contribution in [1.82, 2.24) is 0 Å². The number of aliphatic hydroxyl groups excluding tert-OH is 2. The Morgan fingerprint density at radius 3 is 2.19 bits per heavy atom. The maximum absolute atomic E-state index is 13.8. The monoisotopic (exact) mass is 418 g/mol. The molecule has 0 bridgehead atoms. The molecule has 31 heavy (non-hydrogen) atoms. The highest BCUT2D eigenvalue weighted by atomic mass is 19.1. The molecule has 3 N–H and O–H groups in total. The molecule has 0 saturated heterocycles. The minimum Gasteiger partial charge on any atom is -0.505 e. The normalized spacial score (nSPS) is 14.6. The molecular formula is C27H27FO3. The number of hydrogen-bond donors (Lipinski definition) is 3. The van der Waals surface area contributed by atoms with Crippen molar-refractivity contribution in [1.29, 1.82) is 0 Å². The molecule has 3 aromatic carbocycles. The summed E-state index contributed by atoms with van der Waals surface area (Å²) < 4.78 is 13.8. The van der Waals surface area contributed by atoms with Crippen LogP contribution in [0.1, 0.15) is 35.6 Å². The fraction of sp³-hybridized carbons (Fsp3) is 0.185. The van der Waals surface area contributed by atoms with E-state index in [1.807, 2.05) is 66.7 Å². The van der Waals surface area contributed by atoms with Gasteiger partial charge in [-0.25, -0.2) is 4.39 Å². The van der Waals surface area contributed by atoms with Crippen LogP contribution in [-0.2, 0) is 0 Å². The molecule has 0 spiro atoms. The Morgan fingerprint density at radius 2 is 1.58 bits per heavy atom. The highest BCUT2D eigenvalue weighted by Gasteiger charge is 2.25. The van der Waals surface area contributed by atoms with Gasteiger partial charge in [0, 0.05) is 5.92 Å². The van der Waals surface area contributed by atoms with E-state index in [1.54, 1.807) is 12.1 Å². The lowest BCUT2D eigenvalue weighted by atomic mass is 9.87. The van der Waals surface area contributed by atoms with Gasteiger partial charge in [-0.15, -0.1) is 6.58 Å². The highest BCUT2D eigenvalue weighted by molar-refractivity contribution is 5.81. The van der Waals surface area contributed by atoms with Gasteiger partial charge in [0.1, 0.15) is 0 Å². The first-order valence-electron chi connectivity index (χ1n) is 10.3. The zero-order valence-electron chi connectivity index (χ0n) is 17.2. The number of rotatable bonds is 9. The Bertz CT molecular complexity index is 1020. The zero-order valence-corrected chi connectivity index (χ0v) is 17.2. The van der Waals surface area contributed by atoms with Crippen LogP contribution in [0.4, 0.5) is 4.39 Å². The summed E-state index contributed by atoms with van der Waals surface area (Å²) in [7, 11) is 0. The summed E-state index contributed by atoms with van der Waals surface area (Å²) in [5.41, 5.74) is 3.22. The number of halogens is 1. The van der Waals surface area contributed by atoms with E-state index in [9.17, 15) is 19.7 Å². The third kappa shape index (κ3) is 5.91. The van der Waals surface area contributed by atoms with Crippen molar-refractivity contribution < 1.29 is 19.7 Å². The quantitative estimate of drug-likeness (QED) is 0.306. The van der Waals surface area contributed by atoms with E-state index in [0.29, 0.717) is 18.4 Å². The fourth-order valence-electron chi connectivity index (χ4n) is 3.63. The second-order valence-electron chi connectivity index (χ2n) is 7.52. The average molecular weight is 419 g/mol. The summed E-state index contributed by atoms with van der Waals surface area (Å²) in [6.45, 7) is 3.80. The lowest BCUT2D eigenvalue weighted by molar-refractivity contribution is 0.0325. The molecule has 0 aliphatic carbocycles. The first-order chi connectivity index (χ1) is 15.0. The van der Waals surface area contributed by atoms with Gasteiger partial charge in [0.2, 0.25) is 0 Å². The van der Waals surface area contributed by atoms with Crippen LogP contribution in [0, 0.1) is 11.7 Å². The zero-order chi connectivity index (χ0) is 22.2. The molecule has 160 valence electrons. The van der Waals surface area contributed by atoms with Crippen molar-refractivity contribution in [3.05, 3.63) is 114 Å². The number of phenols is 1. The van der Waals surface area contributed by atoms with Crippen molar-refractivity contribution in [3.8, 4) is 5.75 Å². The van der Waals surface area contributed by atoms with Crippen LogP contribution >= 0.6 is 0 Å². The maximum Gasteiger partial charge on any atom is 0.165 e. The van der Waals surface area contributed by atoms with E-state index >= 15 is 0 Å². The highest BCUT2D eigenvalue weighted by Crippen LogP contribution is 2.31. The first kappa shape index (κ1) is 22.5. The second-order valence-corrected chi connectivity index (χ2v) is 7.52. The second kappa shape index (κ2) is 10.7. The Kier molecular flexibility index (Phi) is 7.76. The minimum absolute atomic E-state index is 0.391. The molecule has 0 aromatic heterocycles. The van der Waals surface area contributed by atoms with E-state index in [0.717, 1.165) is 16.7 Å². The van der Waals surface area contributed by atoms with Gasteiger partial charge in [0.15, 0.2) is 11.6 Å². The fourth-order valence-corrected chi connectivity index (χ4v) is 3.63. The van der Waals surface area contributed by atoms with Crippen molar-refractivity contribution >= 4 is 11.6 Å². The van der Waals surface area contributed by atoms with E-state index < -0.39 is 29.7 Å². The molecule has 0 unspecified atom stereocenters. The Morgan fingerprint density at radius 1 is 0.935 bits per heavy atom. The van der Waals surface area contributed by atoms with Crippen molar-refractivity contribution in [2.75, 3.05) is 0 Å². The summed E-state index contributed by atoms with van der Waals surface area (Å²) in [6.07, 6.45) is 2.67. The van der Waals surface area contributed by atoms with E-state index in [2.05, 4.69) is 6.58 Å². The van der Waals surface area contributed by atoms with Gasteiger partial charge in [0.25, 0.3) is 0 Å². The van der Waals surface area contributed by atoms with Gasteiger partial charge >= 0.3 is 0 Å². The molecule has 0 amide bonds. The van der Waals surface area contributed by atoms with Crippen molar-refractivity contribution in [2.24, 2.45) is 5.92 Å². The van der Waals surface area contributed by atoms with Crippen molar-refractivity contribution in [3.63, 3.8) is 0 Å². The number of hydrogen-bond acceptors (Lipinski definition) is 3. The van der Waals surface area contributed by atoms with Crippen molar-refractivity contribution in [2.45, 2.75) is 25.0 Å². The van der Waals surface area contributed by atoms with Crippen LogP contribution in [-0.4, -0.2) is 21.4 Å². The van der Waals surface area contributed by atoms with Crippen LogP contribution in [0.15, 0.2) is 91.5 Å². The molecule has 3 atom stereocenters. The number of benzene rings is 3. The van der Waals surface area contributed by atoms with Gasteiger partial charge < -0.3 is 15.3 Å². The van der Waals surface area contributed by atoms with Crippen LogP contribution in [0.5, 0.6) is 5.75 Å². The van der Waals surface area contributed by atoms with Crippen LogP contribution < -0.4 is 0 Å². The molecule has 0 fully saturated rings. The standard InChI is InChI=1S/C27H27FO3/c1-2-23(27(31)21-11-7-4-8-12-21)25(29)16-14-22(20-9-5-3-6-10-20)17-19-13-15-26(30)24(28)18-19/h2-13,15,17-18,23,25,27,29-31H,1,14,16H2/b22-17-/t23-,25-,27-/m1/s1. The third-order valence-corrected chi connectivity index (χ3v) is 5.39. The summed E-state index contributed by atoms with van der Waals surface area (Å²) in [4.78, 5) is 0.